The van der Waals surface area contributed by atoms with E-state index in [9.17, 15) is 4.79 Å². The maximum absolute atomic E-state index is 12.0. The molecule has 4 heteroatoms. The Kier molecular flexibility index (Phi) is 4.70. The van der Waals surface area contributed by atoms with Gasteiger partial charge in [-0.05, 0) is 42.2 Å². The van der Waals surface area contributed by atoms with E-state index in [2.05, 4.69) is 48.4 Å². The first-order valence-corrected chi connectivity index (χ1v) is 8.35. The lowest BCUT2D eigenvalue weighted by molar-refractivity contribution is 0.0594. The summed E-state index contributed by atoms with van der Waals surface area (Å²) in [6.07, 6.45) is 0. The molecule has 0 saturated heterocycles. The molecule has 0 atom stereocenters. The average Bonchev–Trinajstić information content (AvgIpc) is 2.62. The van der Waals surface area contributed by atoms with E-state index in [-0.39, 0.29) is 0 Å². The summed E-state index contributed by atoms with van der Waals surface area (Å²) in [6.45, 7) is 6.33. The van der Waals surface area contributed by atoms with Crippen LogP contribution in [0.2, 0.25) is 0 Å². The average molecular weight is 334 g/mol. The molecule has 4 nitrogen and oxygen atoms in total. The van der Waals surface area contributed by atoms with Crippen molar-refractivity contribution in [1.82, 2.24) is 4.98 Å². The van der Waals surface area contributed by atoms with Crippen LogP contribution in [0.4, 0.5) is 11.4 Å². The summed E-state index contributed by atoms with van der Waals surface area (Å²) in [7, 11) is 1.36. The Morgan fingerprint density at radius 2 is 1.84 bits per heavy atom. The third-order valence-electron chi connectivity index (χ3n) is 4.29. The predicted molar refractivity (Wildman–Crippen MR) is 102 cm³/mol. The molecular formula is C21H22N2O2. The zero-order chi connectivity index (χ0) is 18.0. The number of methoxy groups -OCH3 is 1. The molecule has 0 bridgehead atoms. The Labute approximate surface area is 147 Å². The highest BCUT2D eigenvalue weighted by molar-refractivity contribution is 5.99. The minimum absolute atomic E-state index is 0.297. The highest BCUT2D eigenvalue weighted by Crippen LogP contribution is 2.29. The van der Waals surface area contributed by atoms with Crippen molar-refractivity contribution in [2.24, 2.45) is 0 Å². The van der Waals surface area contributed by atoms with E-state index in [1.165, 1.54) is 12.7 Å². The zero-order valence-corrected chi connectivity index (χ0v) is 15.0. The van der Waals surface area contributed by atoms with Gasteiger partial charge in [-0.2, -0.15) is 0 Å². The minimum Gasteiger partial charge on any atom is -0.464 e. The Morgan fingerprint density at radius 1 is 1.12 bits per heavy atom. The van der Waals surface area contributed by atoms with E-state index >= 15 is 0 Å². The standard InChI is InChI=1S/C21H22N2O2/c1-13(2)15-8-10-16(11-9-15)22-18-12-19(21(24)25-4)23-20-14(3)6-5-7-17(18)20/h5-13H,1-4H3,(H,22,23). The second kappa shape index (κ2) is 6.93. The number of aromatic nitrogens is 1. The van der Waals surface area contributed by atoms with Crippen LogP contribution in [0.15, 0.2) is 48.5 Å². The molecule has 128 valence electrons. The van der Waals surface area contributed by atoms with Gasteiger partial charge in [0.1, 0.15) is 0 Å². The minimum atomic E-state index is -0.441. The molecule has 0 aliphatic heterocycles. The molecule has 0 amide bonds. The number of anilines is 2. The molecule has 0 saturated carbocycles. The Hall–Kier alpha value is -2.88. The number of nitrogens with one attached hydrogen (secondary N) is 1. The van der Waals surface area contributed by atoms with Crippen molar-refractivity contribution in [2.45, 2.75) is 26.7 Å². The number of hydrogen-bond acceptors (Lipinski definition) is 4. The van der Waals surface area contributed by atoms with Gasteiger partial charge in [0, 0.05) is 11.1 Å². The number of pyridine rings is 1. The Morgan fingerprint density at radius 3 is 2.48 bits per heavy atom. The van der Waals surface area contributed by atoms with Crippen molar-refractivity contribution in [3.8, 4) is 0 Å². The third-order valence-corrected chi connectivity index (χ3v) is 4.29. The molecule has 0 radical (unpaired) electrons. The van der Waals surface area contributed by atoms with E-state index < -0.39 is 5.97 Å². The number of para-hydroxylation sites is 1. The number of esters is 1. The Bertz CT molecular complexity index is 915. The molecule has 2 aromatic carbocycles. The van der Waals surface area contributed by atoms with Gasteiger partial charge < -0.3 is 10.1 Å². The number of rotatable bonds is 4. The number of carbonyl (C=O) groups excluding carboxylic acids is 1. The van der Waals surface area contributed by atoms with Crippen molar-refractivity contribution in [3.05, 3.63) is 65.4 Å². The van der Waals surface area contributed by atoms with Gasteiger partial charge in [-0.15, -0.1) is 0 Å². The lowest BCUT2D eigenvalue weighted by Gasteiger charge is -2.13. The van der Waals surface area contributed by atoms with Gasteiger partial charge in [-0.1, -0.05) is 44.2 Å². The van der Waals surface area contributed by atoms with Crippen LogP contribution in [0.1, 0.15) is 41.4 Å². The number of nitrogens with zero attached hydrogens (tertiary/aromatic N) is 1. The fourth-order valence-electron chi connectivity index (χ4n) is 2.81. The number of benzene rings is 2. The smallest absolute Gasteiger partial charge is 0.356 e. The van der Waals surface area contributed by atoms with Gasteiger partial charge >= 0.3 is 5.97 Å². The van der Waals surface area contributed by atoms with Crippen molar-refractivity contribution >= 4 is 28.2 Å². The first kappa shape index (κ1) is 17.0. The largest absolute Gasteiger partial charge is 0.464 e. The predicted octanol–water partition coefficient (Wildman–Crippen LogP) is 5.20. The van der Waals surface area contributed by atoms with Crippen LogP contribution >= 0.6 is 0 Å². The van der Waals surface area contributed by atoms with Gasteiger partial charge in [0.05, 0.1) is 18.3 Å². The zero-order valence-electron chi connectivity index (χ0n) is 15.0. The molecule has 0 aliphatic carbocycles. The highest BCUT2D eigenvalue weighted by Gasteiger charge is 2.14. The van der Waals surface area contributed by atoms with Crippen molar-refractivity contribution in [1.29, 1.82) is 0 Å². The van der Waals surface area contributed by atoms with Crippen molar-refractivity contribution in [3.63, 3.8) is 0 Å². The van der Waals surface area contributed by atoms with Crippen LogP contribution in [0.5, 0.6) is 0 Å². The lowest BCUT2D eigenvalue weighted by Crippen LogP contribution is -2.06. The van der Waals surface area contributed by atoms with E-state index in [1.54, 1.807) is 6.07 Å². The molecule has 0 unspecified atom stereocenters. The molecule has 1 heterocycles. The van der Waals surface area contributed by atoms with Crippen LogP contribution in [-0.4, -0.2) is 18.1 Å². The number of aryl methyl sites for hydroxylation is 1. The monoisotopic (exact) mass is 334 g/mol. The number of hydrogen-bond donors (Lipinski definition) is 1. The van der Waals surface area contributed by atoms with E-state index in [4.69, 9.17) is 4.74 Å². The van der Waals surface area contributed by atoms with Gasteiger partial charge in [0.25, 0.3) is 0 Å². The quantitative estimate of drug-likeness (QED) is 0.667. The van der Waals surface area contributed by atoms with Crippen LogP contribution in [0.25, 0.3) is 10.9 Å². The van der Waals surface area contributed by atoms with Crippen LogP contribution in [-0.2, 0) is 4.74 Å². The van der Waals surface area contributed by atoms with E-state index in [1.807, 2.05) is 25.1 Å². The van der Waals surface area contributed by atoms with Crippen LogP contribution in [0.3, 0.4) is 0 Å². The summed E-state index contributed by atoms with van der Waals surface area (Å²) in [4.78, 5) is 16.5. The molecule has 0 fully saturated rings. The molecule has 0 aliphatic rings. The highest BCUT2D eigenvalue weighted by atomic mass is 16.5. The SMILES string of the molecule is COC(=O)c1cc(Nc2ccc(C(C)C)cc2)c2cccc(C)c2n1. The van der Waals surface area contributed by atoms with Crippen molar-refractivity contribution < 1.29 is 9.53 Å². The molecule has 3 aromatic rings. The van der Waals surface area contributed by atoms with Gasteiger partial charge in [0.15, 0.2) is 5.69 Å². The number of fused-ring (bicyclic) bond motifs is 1. The summed E-state index contributed by atoms with van der Waals surface area (Å²) in [5.41, 5.74) is 5.20. The van der Waals surface area contributed by atoms with E-state index in [0.29, 0.717) is 11.6 Å². The summed E-state index contributed by atoms with van der Waals surface area (Å²) in [5, 5.41) is 4.38. The number of carbonyl (C=O) groups is 1. The molecule has 3 rings (SSSR count). The first-order valence-electron chi connectivity index (χ1n) is 8.35. The van der Waals surface area contributed by atoms with E-state index in [0.717, 1.165) is 27.8 Å². The Balaban J connectivity index is 2.07. The summed E-state index contributed by atoms with van der Waals surface area (Å²) in [6, 6.07) is 16.0. The van der Waals surface area contributed by atoms with Crippen LogP contribution in [0, 0.1) is 6.92 Å². The third kappa shape index (κ3) is 3.48. The first-order chi connectivity index (χ1) is 12.0. The molecule has 1 N–H and O–H groups in total. The van der Waals surface area contributed by atoms with Gasteiger partial charge in [0.2, 0.25) is 0 Å². The molecular weight excluding hydrogens is 312 g/mol. The fraction of sp³-hybridized carbons (Fsp3) is 0.238. The normalized spacial score (nSPS) is 10.9. The number of ether oxygens (including phenoxy) is 1. The molecule has 1 aromatic heterocycles. The topological polar surface area (TPSA) is 51.2 Å². The summed E-state index contributed by atoms with van der Waals surface area (Å²) in [5.74, 6) is 0.0488. The van der Waals surface area contributed by atoms with Crippen molar-refractivity contribution in [2.75, 3.05) is 12.4 Å². The maximum Gasteiger partial charge on any atom is 0.356 e. The summed E-state index contributed by atoms with van der Waals surface area (Å²) < 4.78 is 4.84. The maximum atomic E-state index is 12.0. The fourth-order valence-corrected chi connectivity index (χ4v) is 2.81. The van der Waals surface area contributed by atoms with Gasteiger partial charge in [-0.3, -0.25) is 0 Å². The molecule has 0 spiro atoms. The lowest BCUT2D eigenvalue weighted by atomic mass is 10.0. The van der Waals surface area contributed by atoms with Crippen LogP contribution < -0.4 is 5.32 Å². The second-order valence-electron chi connectivity index (χ2n) is 6.42. The second-order valence-corrected chi connectivity index (χ2v) is 6.42. The summed E-state index contributed by atoms with van der Waals surface area (Å²) >= 11 is 0. The van der Waals surface area contributed by atoms with Gasteiger partial charge in [-0.25, -0.2) is 9.78 Å². The molecule has 25 heavy (non-hydrogen) atoms.